The summed E-state index contributed by atoms with van der Waals surface area (Å²) in [5.41, 5.74) is 3.59. The molecule has 3 atom stereocenters. The SMILES string of the molecule is Cc1nn(C)c(C)c1C1CCCN1C(C)C(=O)NCC1CCCO1. The van der Waals surface area contributed by atoms with E-state index in [1.165, 1.54) is 11.3 Å². The normalized spacial score (nSPS) is 26.0. The second kappa shape index (κ2) is 7.23. The highest BCUT2D eigenvalue weighted by Gasteiger charge is 2.35. The van der Waals surface area contributed by atoms with Gasteiger partial charge in [-0.2, -0.15) is 5.10 Å². The number of likely N-dealkylation sites (tertiary alicyclic amines) is 1. The van der Waals surface area contributed by atoms with E-state index in [-0.39, 0.29) is 18.1 Å². The molecule has 24 heavy (non-hydrogen) atoms. The first-order valence-electron chi connectivity index (χ1n) is 9.14. The molecule has 0 radical (unpaired) electrons. The van der Waals surface area contributed by atoms with Crippen molar-refractivity contribution < 1.29 is 9.53 Å². The number of ether oxygens (including phenoxy) is 1. The van der Waals surface area contributed by atoms with Gasteiger partial charge in [0.2, 0.25) is 5.91 Å². The molecule has 1 aromatic rings. The van der Waals surface area contributed by atoms with E-state index in [1.807, 2.05) is 18.7 Å². The van der Waals surface area contributed by atoms with E-state index in [4.69, 9.17) is 4.74 Å². The minimum atomic E-state index is -0.127. The van der Waals surface area contributed by atoms with Gasteiger partial charge in [0.15, 0.2) is 0 Å². The molecule has 1 amide bonds. The molecular weight excluding hydrogens is 304 g/mol. The van der Waals surface area contributed by atoms with Crippen molar-refractivity contribution in [2.24, 2.45) is 7.05 Å². The number of nitrogens with zero attached hydrogens (tertiary/aromatic N) is 3. The molecule has 0 bridgehead atoms. The summed E-state index contributed by atoms with van der Waals surface area (Å²) in [5.74, 6) is 0.108. The van der Waals surface area contributed by atoms with Gasteiger partial charge in [-0.15, -0.1) is 0 Å². The Bertz CT molecular complexity index is 592. The highest BCUT2D eigenvalue weighted by Crippen LogP contribution is 2.36. The van der Waals surface area contributed by atoms with E-state index in [0.717, 1.165) is 44.5 Å². The van der Waals surface area contributed by atoms with Crippen molar-refractivity contribution >= 4 is 5.91 Å². The molecule has 2 fully saturated rings. The van der Waals surface area contributed by atoms with Crippen LogP contribution in [0.5, 0.6) is 0 Å². The Hall–Kier alpha value is -1.40. The predicted molar refractivity (Wildman–Crippen MR) is 92.8 cm³/mol. The molecule has 1 aromatic heterocycles. The van der Waals surface area contributed by atoms with Crippen LogP contribution in [0.2, 0.25) is 0 Å². The maximum Gasteiger partial charge on any atom is 0.237 e. The fourth-order valence-electron chi connectivity index (χ4n) is 4.15. The monoisotopic (exact) mass is 334 g/mol. The lowest BCUT2D eigenvalue weighted by Crippen LogP contribution is -2.46. The molecule has 134 valence electrons. The number of carbonyl (C=O) groups is 1. The van der Waals surface area contributed by atoms with Crippen molar-refractivity contribution in [1.29, 1.82) is 0 Å². The van der Waals surface area contributed by atoms with Crippen LogP contribution in [0, 0.1) is 13.8 Å². The highest BCUT2D eigenvalue weighted by atomic mass is 16.5. The van der Waals surface area contributed by atoms with Gasteiger partial charge in [-0.3, -0.25) is 14.4 Å². The average molecular weight is 334 g/mol. The molecule has 3 rings (SSSR count). The van der Waals surface area contributed by atoms with E-state index in [2.05, 4.69) is 29.2 Å². The van der Waals surface area contributed by atoms with Gasteiger partial charge in [-0.05, 0) is 53.0 Å². The van der Waals surface area contributed by atoms with Gasteiger partial charge < -0.3 is 10.1 Å². The third kappa shape index (κ3) is 3.35. The van der Waals surface area contributed by atoms with Crippen molar-refractivity contribution in [3.05, 3.63) is 17.0 Å². The summed E-state index contributed by atoms with van der Waals surface area (Å²) >= 11 is 0. The summed E-state index contributed by atoms with van der Waals surface area (Å²) in [7, 11) is 1.99. The molecule has 2 saturated heterocycles. The second-order valence-electron chi connectivity index (χ2n) is 7.16. The number of aryl methyl sites for hydroxylation is 2. The van der Waals surface area contributed by atoms with Crippen LogP contribution in [-0.4, -0.2) is 52.4 Å². The summed E-state index contributed by atoms with van der Waals surface area (Å²) in [5, 5.41) is 7.64. The number of amides is 1. The zero-order valence-corrected chi connectivity index (χ0v) is 15.3. The van der Waals surface area contributed by atoms with Crippen LogP contribution in [0.1, 0.15) is 55.6 Å². The first-order chi connectivity index (χ1) is 11.5. The molecule has 2 aliphatic heterocycles. The Morgan fingerprint density at radius 3 is 2.79 bits per heavy atom. The Morgan fingerprint density at radius 2 is 2.17 bits per heavy atom. The fraction of sp³-hybridized carbons (Fsp3) is 0.778. The Balaban J connectivity index is 1.66. The molecule has 6 heteroatoms. The lowest BCUT2D eigenvalue weighted by molar-refractivity contribution is -0.126. The first-order valence-corrected chi connectivity index (χ1v) is 9.14. The quantitative estimate of drug-likeness (QED) is 0.893. The Kier molecular flexibility index (Phi) is 5.25. The summed E-state index contributed by atoms with van der Waals surface area (Å²) < 4.78 is 7.54. The number of rotatable bonds is 5. The van der Waals surface area contributed by atoms with Crippen LogP contribution >= 0.6 is 0 Å². The van der Waals surface area contributed by atoms with Gasteiger partial charge in [0.1, 0.15) is 0 Å². The fourth-order valence-corrected chi connectivity index (χ4v) is 4.15. The topological polar surface area (TPSA) is 59.4 Å². The molecule has 2 aliphatic rings. The van der Waals surface area contributed by atoms with Crippen molar-refractivity contribution in [2.45, 2.75) is 64.6 Å². The zero-order chi connectivity index (χ0) is 17.3. The Labute approximate surface area is 144 Å². The van der Waals surface area contributed by atoms with Gasteiger partial charge >= 0.3 is 0 Å². The largest absolute Gasteiger partial charge is 0.376 e. The molecule has 1 N–H and O–H groups in total. The van der Waals surface area contributed by atoms with Crippen LogP contribution in [0.15, 0.2) is 0 Å². The van der Waals surface area contributed by atoms with Crippen molar-refractivity contribution in [3.8, 4) is 0 Å². The maximum atomic E-state index is 12.6. The van der Waals surface area contributed by atoms with Crippen LogP contribution in [-0.2, 0) is 16.6 Å². The van der Waals surface area contributed by atoms with Crippen LogP contribution < -0.4 is 5.32 Å². The van der Waals surface area contributed by atoms with Gasteiger partial charge in [-0.25, -0.2) is 0 Å². The van der Waals surface area contributed by atoms with E-state index < -0.39 is 0 Å². The number of nitrogens with one attached hydrogen (secondary N) is 1. The van der Waals surface area contributed by atoms with E-state index in [0.29, 0.717) is 12.6 Å². The zero-order valence-electron chi connectivity index (χ0n) is 15.3. The van der Waals surface area contributed by atoms with Gasteiger partial charge in [0.05, 0.1) is 17.8 Å². The summed E-state index contributed by atoms with van der Waals surface area (Å²) in [4.78, 5) is 14.9. The van der Waals surface area contributed by atoms with Gasteiger partial charge in [0, 0.05) is 37.5 Å². The van der Waals surface area contributed by atoms with Gasteiger partial charge in [0.25, 0.3) is 0 Å². The minimum Gasteiger partial charge on any atom is -0.376 e. The van der Waals surface area contributed by atoms with Gasteiger partial charge in [-0.1, -0.05) is 0 Å². The molecule has 3 heterocycles. The third-order valence-electron chi connectivity index (χ3n) is 5.60. The lowest BCUT2D eigenvalue weighted by Gasteiger charge is -2.30. The average Bonchev–Trinajstić information content (AvgIpc) is 3.27. The minimum absolute atomic E-state index is 0.108. The number of carbonyl (C=O) groups excluding carboxylic acids is 1. The lowest BCUT2D eigenvalue weighted by atomic mass is 10.0. The van der Waals surface area contributed by atoms with Crippen LogP contribution in [0.3, 0.4) is 0 Å². The van der Waals surface area contributed by atoms with E-state index in [1.54, 1.807) is 0 Å². The Morgan fingerprint density at radius 1 is 1.38 bits per heavy atom. The maximum absolute atomic E-state index is 12.6. The van der Waals surface area contributed by atoms with Crippen molar-refractivity contribution in [3.63, 3.8) is 0 Å². The second-order valence-corrected chi connectivity index (χ2v) is 7.16. The third-order valence-corrected chi connectivity index (χ3v) is 5.60. The number of hydrogen-bond donors (Lipinski definition) is 1. The summed E-state index contributed by atoms with van der Waals surface area (Å²) in [6, 6.07) is 0.167. The highest BCUT2D eigenvalue weighted by molar-refractivity contribution is 5.81. The number of hydrogen-bond acceptors (Lipinski definition) is 4. The summed E-state index contributed by atoms with van der Waals surface area (Å²) in [6.45, 7) is 8.63. The van der Waals surface area contributed by atoms with E-state index >= 15 is 0 Å². The molecule has 0 aliphatic carbocycles. The molecule has 3 unspecified atom stereocenters. The molecular formula is C18H30N4O2. The van der Waals surface area contributed by atoms with Crippen molar-refractivity contribution in [1.82, 2.24) is 20.0 Å². The first kappa shape index (κ1) is 17.4. The van der Waals surface area contributed by atoms with E-state index in [9.17, 15) is 4.79 Å². The standard InChI is InChI=1S/C18H30N4O2/c1-12-17(13(2)21(4)20-12)16-8-5-9-22(16)14(3)18(23)19-11-15-7-6-10-24-15/h14-16H,5-11H2,1-4H3,(H,19,23). The van der Waals surface area contributed by atoms with Crippen LogP contribution in [0.25, 0.3) is 0 Å². The molecule has 0 spiro atoms. The van der Waals surface area contributed by atoms with Crippen LogP contribution in [0.4, 0.5) is 0 Å². The van der Waals surface area contributed by atoms with Crippen molar-refractivity contribution in [2.75, 3.05) is 19.7 Å². The smallest absolute Gasteiger partial charge is 0.237 e. The molecule has 0 aromatic carbocycles. The summed E-state index contributed by atoms with van der Waals surface area (Å²) in [6.07, 6.45) is 4.57. The molecule has 6 nitrogen and oxygen atoms in total. The number of aromatic nitrogens is 2. The molecule has 0 saturated carbocycles. The predicted octanol–water partition coefficient (Wildman–Crippen LogP) is 1.86.